The van der Waals surface area contributed by atoms with Gasteiger partial charge in [-0.15, -0.1) is 0 Å². The van der Waals surface area contributed by atoms with E-state index in [9.17, 15) is 14.7 Å². The third kappa shape index (κ3) is 2.44. The smallest absolute Gasteiger partial charge is 0.261 e. The maximum absolute atomic E-state index is 12.2. The number of β-amino-alcohol motifs (C(OH)–C–C–N with tert-alkyl or cyclic N) is 1. The van der Waals surface area contributed by atoms with Crippen LogP contribution in [0.25, 0.3) is 0 Å². The van der Waals surface area contributed by atoms with E-state index < -0.39 is 6.10 Å². The van der Waals surface area contributed by atoms with Gasteiger partial charge < -0.3 is 5.11 Å². The monoisotopic (exact) mass is 301 g/mol. The van der Waals surface area contributed by atoms with Crippen molar-refractivity contribution in [2.45, 2.75) is 6.10 Å². The number of hydrogen-bond acceptors (Lipinski definition) is 3. The van der Waals surface area contributed by atoms with Gasteiger partial charge in [-0.3, -0.25) is 14.5 Å². The molecule has 1 heterocycles. The van der Waals surface area contributed by atoms with Crippen LogP contribution in [0.3, 0.4) is 0 Å². The predicted molar refractivity (Wildman–Crippen MR) is 78.2 cm³/mol. The molecule has 0 spiro atoms. The van der Waals surface area contributed by atoms with E-state index in [-0.39, 0.29) is 18.4 Å². The zero-order valence-electron chi connectivity index (χ0n) is 11.0. The van der Waals surface area contributed by atoms with Crippen LogP contribution < -0.4 is 0 Å². The summed E-state index contributed by atoms with van der Waals surface area (Å²) in [5, 5.41) is 10.8. The number of imide groups is 1. The number of halogens is 1. The van der Waals surface area contributed by atoms with E-state index in [1.165, 1.54) is 0 Å². The van der Waals surface area contributed by atoms with Crippen LogP contribution in [-0.2, 0) is 0 Å². The molecule has 2 aromatic carbocycles. The number of amides is 2. The molecule has 106 valence electrons. The fourth-order valence-electron chi connectivity index (χ4n) is 2.37. The molecule has 3 rings (SSSR count). The van der Waals surface area contributed by atoms with Crippen LogP contribution in [0.5, 0.6) is 0 Å². The number of benzene rings is 2. The lowest BCUT2D eigenvalue weighted by atomic mass is 10.1. The molecule has 1 atom stereocenters. The lowest BCUT2D eigenvalue weighted by Gasteiger charge is -2.18. The van der Waals surface area contributed by atoms with E-state index in [0.29, 0.717) is 21.7 Å². The standard InChI is InChI=1S/C16H12ClNO3/c17-11-7-5-10(6-8-11)14(19)9-18-15(20)12-3-1-2-4-13(12)16(18)21/h1-8,14,19H,9H2/t14-/m1/s1. The van der Waals surface area contributed by atoms with Crippen molar-refractivity contribution in [3.63, 3.8) is 0 Å². The Hall–Kier alpha value is -2.17. The van der Waals surface area contributed by atoms with Crippen LogP contribution in [0.2, 0.25) is 5.02 Å². The molecule has 2 amide bonds. The summed E-state index contributed by atoms with van der Waals surface area (Å²) in [6.07, 6.45) is -0.940. The quantitative estimate of drug-likeness (QED) is 0.887. The average Bonchev–Trinajstić information content (AvgIpc) is 2.73. The second-order valence-corrected chi connectivity index (χ2v) is 5.27. The third-order valence-electron chi connectivity index (χ3n) is 3.49. The Morgan fingerprint density at radius 3 is 2.00 bits per heavy atom. The van der Waals surface area contributed by atoms with Crippen LogP contribution in [0.1, 0.15) is 32.4 Å². The van der Waals surface area contributed by atoms with Gasteiger partial charge in [-0.2, -0.15) is 0 Å². The maximum atomic E-state index is 12.2. The molecule has 5 heteroatoms. The number of carbonyl (C=O) groups excluding carboxylic acids is 2. The molecule has 0 aliphatic carbocycles. The van der Waals surface area contributed by atoms with Gasteiger partial charge in [-0.25, -0.2) is 0 Å². The molecule has 0 saturated heterocycles. The summed E-state index contributed by atoms with van der Waals surface area (Å²) < 4.78 is 0. The van der Waals surface area contributed by atoms with Gasteiger partial charge in [0, 0.05) is 5.02 Å². The predicted octanol–water partition coefficient (Wildman–Crippen LogP) is 2.67. The Balaban J connectivity index is 1.82. The Morgan fingerprint density at radius 1 is 0.952 bits per heavy atom. The number of carbonyl (C=O) groups is 2. The molecular weight excluding hydrogens is 290 g/mol. The molecule has 4 nitrogen and oxygen atoms in total. The maximum Gasteiger partial charge on any atom is 0.261 e. The van der Waals surface area contributed by atoms with Crippen molar-refractivity contribution >= 4 is 23.4 Å². The van der Waals surface area contributed by atoms with Gasteiger partial charge in [0.2, 0.25) is 0 Å². The zero-order chi connectivity index (χ0) is 15.0. The van der Waals surface area contributed by atoms with Crippen molar-refractivity contribution in [1.82, 2.24) is 4.90 Å². The number of fused-ring (bicyclic) bond motifs is 1. The first-order valence-corrected chi connectivity index (χ1v) is 6.84. The van der Waals surface area contributed by atoms with E-state index in [1.807, 2.05) is 0 Å². The molecule has 21 heavy (non-hydrogen) atoms. The second kappa shape index (κ2) is 5.31. The molecule has 2 aromatic rings. The van der Waals surface area contributed by atoms with Gasteiger partial charge in [-0.05, 0) is 29.8 Å². The van der Waals surface area contributed by atoms with E-state index in [4.69, 9.17) is 11.6 Å². The Morgan fingerprint density at radius 2 is 1.48 bits per heavy atom. The molecule has 1 aliphatic rings. The molecule has 0 fully saturated rings. The first kappa shape index (κ1) is 13.8. The fraction of sp³-hybridized carbons (Fsp3) is 0.125. The molecule has 1 aliphatic heterocycles. The van der Waals surface area contributed by atoms with Crippen molar-refractivity contribution in [1.29, 1.82) is 0 Å². The molecule has 1 N–H and O–H groups in total. The van der Waals surface area contributed by atoms with E-state index in [0.717, 1.165) is 4.90 Å². The Kier molecular flexibility index (Phi) is 3.49. The Bertz CT molecular complexity index is 677. The summed E-state index contributed by atoms with van der Waals surface area (Å²) in [4.78, 5) is 25.5. The minimum Gasteiger partial charge on any atom is -0.387 e. The van der Waals surface area contributed by atoms with Gasteiger partial charge in [0.1, 0.15) is 0 Å². The minimum atomic E-state index is -0.940. The topological polar surface area (TPSA) is 57.6 Å². The van der Waals surface area contributed by atoms with E-state index >= 15 is 0 Å². The first-order chi connectivity index (χ1) is 10.1. The summed E-state index contributed by atoms with van der Waals surface area (Å²) in [7, 11) is 0. The second-order valence-electron chi connectivity index (χ2n) is 4.83. The molecule has 0 unspecified atom stereocenters. The van der Waals surface area contributed by atoms with Crippen molar-refractivity contribution in [3.05, 3.63) is 70.2 Å². The molecule has 0 bridgehead atoms. The lowest BCUT2D eigenvalue weighted by Crippen LogP contribution is -2.33. The molecule has 0 aromatic heterocycles. The Labute approximate surface area is 126 Å². The highest BCUT2D eigenvalue weighted by molar-refractivity contribution is 6.30. The van der Waals surface area contributed by atoms with Crippen LogP contribution in [0.15, 0.2) is 48.5 Å². The van der Waals surface area contributed by atoms with Crippen LogP contribution in [0, 0.1) is 0 Å². The summed E-state index contributed by atoms with van der Waals surface area (Å²) >= 11 is 5.79. The van der Waals surface area contributed by atoms with Crippen molar-refractivity contribution in [2.75, 3.05) is 6.54 Å². The number of aliphatic hydroxyl groups is 1. The first-order valence-electron chi connectivity index (χ1n) is 6.46. The van der Waals surface area contributed by atoms with Gasteiger partial charge in [0.05, 0.1) is 23.8 Å². The number of rotatable bonds is 3. The number of hydrogen-bond donors (Lipinski definition) is 1. The van der Waals surface area contributed by atoms with Crippen molar-refractivity contribution in [2.24, 2.45) is 0 Å². The van der Waals surface area contributed by atoms with Crippen molar-refractivity contribution in [3.8, 4) is 0 Å². The number of nitrogens with zero attached hydrogens (tertiary/aromatic N) is 1. The zero-order valence-corrected chi connectivity index (χ0v) is 11.7. The lowest BCUT2D eigenvalue weighted by molar-refractivity contribution is 0.0543. The largest absolute Gasteiger partial charge is 0.387 e. The minimum absolute atomic E-state index is 0.0754. The fourth-order valence-corrected chi connectivity index (χ4v) is 2.49. The summed E-state index contributed by atoms with van der Waals surface area (Å²) in [5.41, 5.74) is 1.37. The van der Waals surface area contributed by atoms with Crippen molar-refractivity contribution < 1.29 is 14.7 Å². The van der Waals surface area contributed by atoms with E-state index in [2.05, 4.69) is 0 Å². The van der Waals surface area contributed by atoms with Crippen LogP contribution in [0.4, 0.5) is 0 Å². The summed E-state index contributed by atoms with van der Waals surface area (Å²) in [5.74, 6) is -0.743. The highest BCUT2D eigenvalue weighted by Crippen LogP contribution is 2.25. The summed E-state index contributed by atoms with van der Waals surface area (Å²) in [6, 6.07) is 13.3. The number of aliphatic hydroxyl groups excluding tert-OH is 1. The van der Waals surface area contributed by atoms with Crippen LogP contribution >= 0.6 is 11.6 Å². The molecular formula is C16H12ClNO3. The van der Waals surface area contributed by atoms with Gasteiger partial charge >= 0.3 is 0 Å². The van der Waals surface area contributed by atoms with Crippen LogP contribution in [-0.4, -0.2) is 28.4 Å². The molecule has 0 radical (unpaired) electrons. The van der Waals surface area contributed by atoms with Gasteiger partial charge in [0.15, 0.2) is 0 Å². The average molecular weight is 302 g/mol. The van der Waals surface area contributed by atoms with Gasteiger partial charge in [-0.1, -0.05) is 35.9 Å². The normalized spacial score (nSPS) is 15.2. The summed E-state index contributed by atoms with van der Waals surface area (Å²) in [6.45, 7) is -0.0754. The molecule has 0 saturated carbocycles. The highest BCUT2D eigenvalue weighted by atomic mass is 35.5. The highest BCUT2D eigenvalue weighted by Gasteiger charge is 2.36. The van der Waals surface area contributed by atoms with Gasteiger partial charge in [0.25, 0.3) is 11.8 Å². The third-order valence-corrected chi connectivity index (χ3v) is 3.74. The van der Waals surface area contributed by atoms with E-state index in [1.54, 1.807) is 48.5 Å². The SMILES string of the molecule is O=C1c2ccccc2C(=O)N1C[C@@H](O)c1ccc(Cl)cc1.